The molecule has 1 aliphatic heterocycles. The van der Waals surface area contributed by atoms with Crippen LogP contribution >= 0.6 is 0 Å². The van der Waals surface area contributed by atoms with Crippen molar-refractivity contribution in [2.75, 3.05) is 37.6 Å². The molecule has 5 nitrogen and oxygen atoms in total. The van der Waals surface area contributed by atoms with Gasteiger partial charge in [0, 0.05) is 32.7 Å². The van der Waals surface area contributed by atoms with Crippen molar-refractivity contribution in [2.45, 2.75) is 6.92 Å². The number of benzene rings is 1. The average Bonchev–Trinajstić information content (AvgIpc) is 2.47. The van der Waals surface area contributed by atoms with Gasteiger partial charge in [-0.2, -0.15) is 0 Å². The fourth-order valence-corrected chi connectivity index (χ4v) is 2.24. The highest BCUT2D eigenvalue weighted by atomic mass is 19.1. The van der Waals surface area contributed by atoms with Crippen LogP contribution in [-0.4, -0.2) is 49.4 Å². The summed E-state index contributed by atoms with van der Waals surface area (Å²) < 4.78 is 13.7. The number of carbonyl (C=O) groups excluding carboxylic acids is 2. The lowest BCUT2D eigenvalue weighted by atomic mass is 10.2. The number of hydrogen-bond donors (Lipinski definition) is 1. The van der Waals surface area contributed by atoms with Gasteiger partial charge in [0.25, 0.3) is 0 Å². The van der Waals surface area contributed by atoms with Crippen LogP contribution in [0.5, 0.6) is 0 Å². The summed E-state index contributed by atoms with van der Waals surface area (Å²) in [6.07, 6.45) is 0. The first-order valence-corrected chi connectivity index (χ1v) is 6.70. The third-order valence-corrected chi connectivity index (χ3v) is 3.29. The van der Waals surface area contributed by atoms with Gasteiger partial charge in [-0.15, -0.1) is 0 Å². The van der Waals surface area contributed by atoms with Gasteiger partial charge in [0.1, 0.15) is 5.82 Å². The molecule has 1 aromatic rings. The van der Waals surface area contributed by atoms with Crippen LogP contribution < -0.4 is 10.2 Å². The van der Waals surface area contributed by atoms with Crippen molar-refractivity contribution in [3.8, 4) is 0 Å². The predicted molar refractivity (Wildman–Crippen MR) is 73.9 cm³/mol. The van der Waals surface area contributed by atoms with Gasteiger partial charge in [-0.25, -0.2) is 4.39 Å². The number of likely N-dealkylation sites (N-methyl/N-ethyl adjacent to an activating group) is 1. The number of para-hydroxylation sites is 1. The van der Waals surface area contributed by atoms with Crippen LogP contribution in [0.1, 0.15) is 6.92 Å². The SMILES string of the molecule is CCNC(=O)C(=O)N1CCN(c2ccccc2F)CC1. The van der Waals surface area contributed by atoms with E-state index < -0.39 is 11.8 Å². The van der Waals surface area contributed by atoms with E-state index in [-0.39, 0.29) is 5.82 Å². The van der Waals surface area contributed by atoms with Crippen molar-refractivity contribution in [3.05, 3.63) is 30.1 Å². The monoisotopic (exact) mass is 279 g/mol. The molecule has 1 aliphatic rings. The summed E-state index contributed by atoms with van der Waals surface area (Å²) in [7, 11) is 0. The summed E-state index contributed by atoms with van der Waals surface area (Å²) in [5.41, 5.74) is 0.539. The fourth-order valence-electron chi connectivity index (χ4n) is 2.24. The van der Waals surface area contributed by atoms with Gasteiger partial charge in [0.2, 0.25) is 0 Å². The van der Waals surface area contributed by atoms with Crippen molar-refractivity contribution in [2.24, 2.45) is 0 Å². The van der Waals surface area contributed by atoms with Gasteiger partial charge in [-0.1, -0.05) is 12.1 Å². The zero-order chi connectivity index (χ0) is 14.5. The molecule has 0 bridgehead atoms. The fraction of sp³-hybridized carbons (Fsp3) is 0.429. The van der Waals surface area contributed by atoms with E-state index in [1.165, 1.54) is 11.0 Å². The normalized spacial score (nSPS) is 15.1. The van der Waals surface area contributed by atoms with Gasteiger partial charge in [0.05, 0.1) is 5.69 Å². The molecular formula is C14H18FN3O2. The van der Waals surface area contributed by atoms with Crippen molar-refractivity contribution in [1.82, 2.24) is 10.2 Å². The molecule has 1 N–H and O–H groups in total. The minimum atomic E-state index is -0.577. The number of nitrogens with one attached hydrogen (secondary N) is 1. The lowest BCUT2D eigenvalue weighted by Crippen LogP contribution is -2.52. The van der Waals surface area contributed by atoms with E-state index in [0.29, 0.717) is 38.4 Å². The molecule has 0 saturated carbocycles. The first kappa shape index (κ1) is 14.3. The molecule has 0 spiro atoms. The Hall–Kier alpha value is -2.11. The number of amides is 2. The van der Waals surface area contributed by atoms with Crippen molar-refractivity contribution in [1.29, 1.82) is 0 Å². The Balaban J connectivity index is 1.94. The molecule has 6 heteroatoms. The number of carbonyl (C=O) groups is 2. The Kier molecular flexibility index (Phi) is 4.55. The molecule has 0 aromatic heterocycles. The molecule has 20 heavy (non-hydrogen) atoms. The molecule has 1 fully saturated rings. The minimum Gasteiger partial charge on any atom is -0.366 e. The van der Waals surface area contributed by atoms with Crippen molar-refractivity contribution < 1.29 is 14.0 Å². The average molecular weight is 279 g/mol. The summed E-state index contributed by atoms with van der Waals surface area (Å²) in [6.45, 7) is 4.08. The van der Waals surface area contributed by atoms with Crippen LogP contribution in [0.25, 0.3) is 0 Å². The van der Waals surface area contributed by atoms with Gasteiger partial charge in [0.15, 0.2) is 0 Å². The second-order valence-corrected chi connectivity index (χ2v) is 4.59. The van der Waals surface area contributed by atoms with E-state index >= 15 is 0 Å². The molecule has 0 aliphatic carbocycles. The standard InChI is InChI=1S/C14H18FN3O2/c1-2-16-13(19)14(20)18-9-7-17(8-10-18)12-6-4-3-5-11(12)15/h3-6H,2,7-10H2,1H3,(H,16,19). The van der Waals surface area contributed by atoms with Gasteiger partial charge in [-0.3, -0.25) is 9.59 Å². The van der Waals surface area contributed by atoms with E-state index in [1.807, 2.05) is 4.90 Å². The van der Waals surface area contributed by atoms with Crippen LogP contribution in [0.3, 0.4) is 0 Å². The summed E-state index contributed by atoms with van der Waals surface area (Å²) >= 11 is 0. The smallest absolute Gasteiger partial charge is 0.312 e. The number of anilines is 1. The summed E-state index contributed by atoms with van der Waals surface area (Å²) in [5.74, 6) is -1.36. The zero-order valence-electron chi connectivity index (χ0n) is 11.4. The van der Waals surface area contributed by atoms with E-state index in [4.69, 9.17) is 0 Å². The maximum Gasteiger partial charge on any atom is 0.312 e. The number of rotatable bonds is 2. The summed E-state index contributed by atoms with van der Waals surface area (Å²) in [6, 6.07) is 6.57. The third kappa shape index (κ3) is 3.07. The molecule has 108 valence electrons. The van der Waals surface area contributed by atoms with E-state index in [9.17, 15) is 14.0 Å². The number of hydrogen-bond acceptors (Lipinski definition) is 3. The molecule has 1 heterocycles. The second kappa shape index (κ2) is 6.36. The molecule has 0 atom stereocenters. The second-order valence-electron chi connectivity index (χ2n) is 4.59. The summed E-state index contributed by atoms with van der Waals surface area (Å²) in [4.78, 5) is 26.7. The largest absolute Gasteiger partial charge is 0.366 e. The highest BCUT2D eigenvalue weighted by Crippen LogP contribution is 2.20. The molecule has 2 amide bonds. The van der Waals surface area contributed by atoms with Gasteiger partial charge >= 0.3 is 11.8 Å². The first-order valence-electron chi connectivity index (χ1n) is 6.70. The van der Waals surface area contributed by atoms with Crippen LogP contribution in [0.4, 0.5) is 10.1 Å². The van der Waals surface area contributed by atoms with Gasteiger partial charge < -0.3 is 15.1 Å². The molecule has 0 radical (unpaired) electrons. The number of nitrogens with zero attached hydrogens (tertiary/aromatic N) is 2. The predicted octanol–water partition coefficient (Wildman–Crippen LogP) is 0.610. The quantitative estimate of drug-likeness (QED) is 0.807. The molecular weight excluding hydrogens is 261 g/mol. The number of piperazine rings is 1. The van der Waals surface area contributed by atoms with Crippen molar-refractivity contribution in [3.63, 3.8) is 0 Å². The molecule has 2 rings (SSSR count). The van der Waals surface area contributed by atoms with Crippen molar-refractivity contribution >= 4 is 17.5 Å². The highest BCUT2D eigenvalue weighted by Gasteiger charge is 2.26. The Bertz CT molecular complexity index is 499. The van der Waals surface area contributed by atoms with Crippen LogP contribution in [0.15, 0.2) is 24.3 Å². The number of halogens is 1. The Morgan fingerprint density at radius 1 is 1.20 bits per heavy atom. The lowest BCUT2D eigenvalue weighted by Gasteiger charge is -2.35. The third-order valence-electron chi connectivity index (χ3n) is 3.29. The van der Waals surface area contributed by atoms with E-state index in [0.717, 1.165) is 0 Å². The molecule has 0 unspecified atom stereocenters. The zero-order valence-corrected chi connectivity index (χ0v) is 11.4. The van der Waals surface area contributed by atoms with E-state index in [2.05, 4.69) is 5.32 Å². The Morgan fingerprint density at radius 2 is 1.85 bits per heavy atom. The lowest BCUT2D eigenvalue weighted by molar-refractivity contribution is -0.146. The molecule has 1 saturated heterocycles. The maximum absolute atomic E-state index is 13.7. The maximum atomic E-state index is 13.7. The summed E-state index contributed by atoms with van der Waals surface area (Å²) in [5, 5.41) is 2.49. The first-order chi connectivity index (χ1) is 9.63. The van der Waals surface area contributed by atoms with E-state index in [1.54, 1.807) is 25.1 Å². The Morgan fingerprint density at radius 3 is 2.45 bits per heavy atom. The highest BCUT2D eigenvalue weighted by molar-refractivity contribution is 6.35. The Labute approximate surface area is 117 Å². The molecule has 1 aromatic carbocycles. The van der Waals surface area contributed by atoms with Gasteiger partial charge in [-0.05, 0) is 19.1 Å². The minimum absolute atomic E-state index is 0.268. The van der Waals surface area contributed by atoms with Crippen LogP contribution in [-0.2, 0) is 9.59 Å². The van der Waals surface area contributed by atoms with Crippen LogP contribution in [0.2, 0.25) is 0 Å². The van der Waals surface area contributed by atoms with Crippen LogP contribution in [0, 0.1) is 5.82 Å². The topological polar surface area (TPSA) is 52.7 Å².